The van der Waals surface area contributed by atoms with Gasteiger partial charge in [-0.1, -0.05) is 11.6 Å². The van der Waals surface area contributed by atoms with Gasteiger partial charge in [-0.3, -0.25) is 9.71 Å². The second-order valence-electron chi connectivity index (χ2n) is 7.28. The van der Waals surface area contributed by atoms with Crippen LogP contribution < -0.4 is 10.2 Å². The molecule has 3 rings (SSSR count). The molecule has 1 N–H and O–H groups in total. The first-order chi connectivity index (χ1) is 12.4. The fourth-order valence-electron chi connectivity index (χ4n) is 2.52. The number of pyridine rings is 1. The molecule has 6 nitrogen and oxygen atoms in total. The van der Waals surface area contributed by atoms with Gasteiger partial charge in [0.15, 0.2) is 0 Å². The molecule has 1 aliphatic heterocycles. The van der Waals surface area contributed by atoms with Gasteiger partial charge in [-0.15, -0.1) is 0 Å². The maximum atomic E-state index is 13.2. The van der Waals surface area contributed by atoms with Crippen molar-refractivity contribution in [2.24, 2.45) is 0 Å². The van der Waals surface area contributed by atoms with E-state index in [2.05, 4.69) is 9.71 Å². The van der Waals surface area contributed by atoms with Gasteiger partial charge in [0.1, 0.15) is 10.7 Å². The molecule has 10 heteroatoms. The molecule has 0 bridgehead atoms. The maximum Gasteiger partial charge on any atom is 0.496 e. The number of anilines is 1. The number of sulfonamides is 1. The minimum Gasteiger partial charge on any atom is -0.399 e. The summed E-state index contributed by atoms with van der Waals surface area (Å²) in [5.74, 6) is -0.622. The Labute approximate surface area is 163 Å². The molecule has 144 valence electrons. The fourth-order valence-corrected chi connectivity index (χ4v) is 4.09. The standard InChI is InChI=1S/C17H19BClFN2O4S/c1-16(2)17(3,4)26-18(25-16)11-7-13(10-21-9-11)22-27(23,24)15-6-5-12(20)8-14(15)19/h5-10,22H,1-4H3. The summed E-state index contributed by atoms with van der Waals surface area (Å²) in [4.78, 5) is 3.83. The highest BCUT2D eigenvalue weighted by molar-refractivity contribution is 7.92. The zero-order valence-electron chi connectivity index (χ0n) is 15.3. The van der Waals surface area contributed by atoms with Gasteiger partial charge in [-0.25, -0.2) is 12.8 Å². The van der Waals surface area contributed by atoms with E-state index in [-0.39, 0.29) is 15.6 Å². The number of halogens is 2. The second-order valence-corrected chi connectivity index (χ2v) is 9.33. The molecule has 1 saturated heterocycles. The first-order valence-corrected chi connectivity index (χ1v) is 10.1. The molecule has 0 spiro atoms. The minimum absolute atomic E-state index is 0.211. The van der Waals surface area contributed by atoms with Gasteiger partial charge >= 0.3 is 7.12 Å². The average Bonchev–Trinajstić information content (AvgIpc) is 2.75. The molecule has 0 amide bonds. The van der Waals surface area contributed by atoms with E-state index in [1.807, 2.05) is 27.7 Å². The van der Waals surface area contributed by atoms with Crippen LogP contribution in [0.1, 0.15) is 27.7 Å². The van der Waals surface area contributed by atoms with Crippen molar-refractivity contribution in [3.63, 3.8) is 0 Å². The lowest BCUT2D eigenvalue weighted by Gasteiger charge is -2.32. The van der Waals surface area contributed by atoms with Crippen molar-refractivity contribution in [1.29, 1.82) is 0 Å². The third kappa shape index (κ3) is 3.96. The Bertz CT molecular complexity index is 969. The molecular weight excluding hydrogens is 394 g/mol. The number of nitrogens with one attached hydrogen (secondary N) is 1. The Balaban J connectivity index is 1.86. The molecular formula is C17H19BClFN2O4S. The van der Waals surface area contributed by atoms with Gasteiger partial charge in [0.05, 0.1) is 28.1 Å². The van der Waals surface area contributed by atoms with Crippen molar-refractivity contribution >= 4 is 39.9 Å². The lowest BCUT2D eigenvalue weighted by atomic mass is 9.80. The summed E-state index contributed by atoms with van der Waals surface area (Å²) in [6.45, 7) is 7.68. The monoisotopic (exact) mass is 412 g/mol. The summed E-state index contributed by atoms with van der Waals surface area (Å²) < 4.78 is 52.6. The van der Waals surface area contributed by atoms with Crippen LogP contribution in [-0.2, 0) is 19.3 Å². The van der Waals surface area contributed by atoms with E-state index < -0.39 is 34.2 Å². The van der Waals surface area contributed by atoms with Crippen LogP contribution in [0.3, 0.4) is 0 Å². The van der Waals surface area contributed by atoms with Gasteiger partial charge in [0, 0.05) is 11.7 Å². The van der Waals surface area contributed by atoms with Gasteiger partial charge < -0.3 is 9.31 Å². The summed E-state index contributed by atoms with van der Waals surface area (Å²) in [7, 11) is -4.70. The highest BCUT2D eigenvalue weighted by Crippen LogP contribution is 2.36. The predicted molar refractivity (Wildman–Crippen MR) is 102 cm³/mol. The summed E-state index contributed by atoms with van der Waals surface area (Å²) in [5, 5.41) is -0.211. The van der Waals surface area contributed by atoms with Crippen LogP contribution >= 0.6 is 11.6 Å². The number of nitrogens with zero attached hydrogens (tertiary/aromatic N) is 1. The molecule has 0 unspecified atom stereocenters. The van der Waals surface area contributed by atoms with E-state index in [9.17, 15) is 12.8 Å². The molecule has 1 fully saturated rings. The predicted octanol–water partition coefficient (Wildman–Crippen LogP) is 2.97. The molecule has 2 heterocycles. The van der Waals surface area contributed by atoms with Crippen molar-refractivity contribution < 1.29 is 22.1 Å². The van der Waals surface area contributed by atoms with Gasteiger partial charge in [0.2, 0.25) is 0 Å². The molecule has 0 aliphatic carbocycles. The zero-order valence-corrected chi connectivity index (χ0v) is 16.9. The number of benzene rings is 1. The number of hydrogen-bond donors (Lipinski definition) is 1. The normalized spacial score (nSPS) is 18.5. The minimum atomic E-state index is -4.02. The summed E-state index contributed by atoms with van der Waals surface area (Å²) in [5.41, 5.74) is -0.287. The second kappa shape index (κ2) is 6.74. The SMILES string of the molecule is CC1(C)OB(c2cncc(NS(=O)(=O)c3ccc(F)cc3Cl)c2)OC1(C)C. The average molecular weight is 413 g/mol. The first kappa shape index (κ1) is 20.1. The molecule has 1 aliphatic rings. The van der Waals surface area contributed by atoms with Crippen LogP contribution in [0.2, 0.25) is 5.02 Å². The van der Waals surface area contributed by atoms with Crippen LogP contribution in [0, 0.1) is 5.82 Å². The summed E-state index contributed by atoms with van der Waals surface area (Å²) in [6.07, 6.45) is 2.90. The van der Waals surface area contributed by atoms with Crippen molar-refractivity contribution in [3.8, 4) is 0 Å². The lowest BCUT2D eigenvalue weighted by molar-refractivity contribution is 0.00578. The Morgan fingerprint density at radius 2 is 1.74 bits per heavy atom. The van der Waals surface area contributed by atoms with Crippen LogP contribution in [0.15, 0.2) is 41.6 Å². The van der Waals surface area contributed by atoms with E-state index in [0.717, 1.165) is 18.2 Å². The number of aromatic nitrogens is 1. The van der Waals surface area contributed by atoms with Gasteiger partial charge in [-0.05, 0) is 52.0 Å². The summed E-state index contributed by atoms with van der Waals surface area (Å²) >= 11 is 5.86. The van der Waals surface area contributed by atoms with E-state index in [0.29, 0.717) is 5.46 Å². The topological polar surface area (TPSA) is 77.5 Å². The number of hydrogen-bond acceptors (Lipinski definition) is 5. The van der Waals surface area contributed by atoms with Gasteiger partial charge in [-0.2, -0.15) is 0 Å². The molecule has 1 aromatic heterocycles. The Morgan fingerprint density at radius 3 is 2.33 bits per heavy atom. The number of rotatable bonds is 4. The van der Waals surface area contributed by atoms with E-state index in [1.165, 1.54) is 6.20 Å². The molecule has 1 aromatic carbocycles. The van der Waals surface area contributed by atoms with E-state index in [1.54, 1.807) is 12.3 Å². The van der Waals surface area contributed by atoms with Gasteiger partial charge in [0.25, 0.3) is 10.0 Å². The summed E-state index contributed by atoms with van der Waals surface area (Å²) in [6, 6.07) is 4.64. The van der Waals surface area contributed by atoms with Crippen molar-refractivity contribution in [2.45, 2.75) is 43.8 Å². The van der Waals surface area contributed by atoms with Crippen LogP contribution in [0.4, 0.5) is 10.1 Å². The highest BCUT2D eigenvalue weighted by Gasteiger charge is 2.51. The quantitative estimate of drug-likeness (QED) is 0.781. The Kier molecular flexibility index (Phi) is 5.01. The molecule has 0 saturated carbocycles. The molecule has 0 atom stereocenters. The van der Waals surface area contributed by atoms with Crippen molar-refractivity contribution in [3.05, 3.63) is 47.5 Å². The molecule has 27 heavy (non-hydrogen) atoms. The smallest absolute Gasteiger partial charge is 0.399 e. The highest BCUT2D eigenvalue weighted by atomic mass is 35.5. The van der Waals surface area contributed by atoms with Crippen LogP contribution in [0.25, 0.3) is 0 Å². The van der Waals surface area contributed by atoms with E-state index in [4.69, 9.17) is 20.9 Å². The van der Waals surface area contributed by atoms with Crippen molar-refractivity contribution in [1.82, 2.24) is 4.98 Å². The first-order valence-electron chi connectivity index (χ1n) is 8.20. The fraction of sp³-hybridized carbons (Fsp3) is 0.353. The third-order valence-corrected chi connectivity index (χ3v) is 6.58. The molecule has 0 radical (unpaired) electrons. The maximum absolute atomic E-state index is 13.2. The van der Waals surface area contributed by atoms with Crippen LogP contribution in [-0.4, -0.2) is 31.7 Å². The van der Waals surface area contributed by atoms with Crippen LogP contribution in [0.5, 0.6) is 0 Å². The van der Waals surface area contributed by atoms with E-state index >= 15 is 0 Å². The third-order valence-electron chi connectivity index (χ3n) is 4.72. The Morgan fingerprint density at radius 1 is 1.11 bits per heavy atom. The zero-order chi connectivity index (χ0) is 20.0. The largest absolute Gasteiger partial charge is 0.496 e. The Hall–Kier alpha value is -1.68. The van der Waals surface area contributed by atoms with Crippen molar-refractivity contribution in [2.75, 3.05) is 4.72 Å². The lowest BCUT2D eigenvalue weighted by Crippen LogP contribution is -2.41. The molecule has 2 aromatic rings.